The lowest BCUT2D eigenvalue weighted by molar-refractivity contribution is -0.385. The van der Waals surface area contributed by atoms with Crippen molar-refractivity contribution in [2.24, 2.45) is 0 Å². The molecule has 0 unspecified atom stereocenters. The van der Waals surface area contributed by atoms with E-state index in [-0.39, 0.29) is 17.9 Å². The van der Waals surface area contributed by atoms with Crippen molar-refractivity contribution in [1.29, 1.82) is 0 Å². The van der Waals surface area contributed by atoms with Crippen molar-refractivity contribution in [2.75, 3.05) is 7.11 Å². The van der Waals surface area contributed by atoms with Gasteiger partial charge in [-0.2, -0.15) is 0 Å². The van der Waals surface area contributed by atoms with Crippen LogP contribution in [0.1, 0.15) is 11.1 Å². The molecule has 0 aliphatic rings. The van der Waals surface area contributed by atoms with Crippen molar-refractivity contribution in [1.82, 2.24) is 0 Å². The van der Waals surface area contributed by atoms with E-state index < -0.39 is 10.9 Å². The van der Waals surface area contributed by atoms with Gasteiger partial charge in [-0.25, -0.2) is 0 Å². The average Bonchev–Trinajstić information content (AvgIpc) is 2.47. The fourth-order valence-electron chi connectivity index (χ4n) is 2.07. The molecule has 6 nitrogen and oxygen atoms in total. The zero-order valence-corrected chi connectivity index (χ0v) is 12.2. The summed E-state index contributed by atoms with van der Waals surface area (Å²) in [4.78, 5) is 22.2. The third-order valence-electron chi connectivity index (χ3n) is 3.12. The average molecular weight is 301 g/mol. The number of nitro groups is 1. The highest BCUT2D eigenvalue weighted by Crippen LogP contribution is 2.24. The van der Waals surface area contributed by atoms with Crippen LogP contribution >= 0.6 is 0 Å². The highest BCUT2D eigenvalue weighted by atomic mass is 16.6. The second kappa shape index (κ2) is 6.71. The van der Waals surface area contributed by atoms with Crippen LogP contribution in [0, 0.1) is 17.0 Å². The number of benzene rings is 2. The summed E-state index contributed by atoms with van der Waals surface area (Å²) < 4.78 is 10.4. The topological polar surface area (TPSA) is 78.7 Å². The molecule has 0 atom stereocenters. The summed E-state index contributed by atoms with van der Waals surface area (Å²) in [5.41, 5.74) is 1.14. The summed E-state index contributed by atoms with van der Waals surface area (Å²) in [6.45, 7) is 1.59. The molecule has 0 aliphatic carbocycles. The van der Waals surface area contributed by atoms with Crippen LogP contribution in [0.2, 0.25) is 0 Å². The first-order valence-corrected chi connectivity index (χ1v) is 6.59. The second-order valence-electron chi connectivity index (χ2n) is 4.67. The Morgan fingerprint density at radius 3 is 2.59 bits per heavy atom. The SMILES string of the molecule is COc1ccccc1CC(=O)Oc1ccc([N+](=O)[O-])c(C)c1. The van der Waals surface area contributed by atoms with Gasteiger partial charge in [0.05, 0.1) is 18.5 Å². The van der Waals surface area contributed by atoms with Crippen molar-refractivity contribution in [3.63, 3.8) is 0 Å². The summed E-state index contributed by atoms with van der Waals surface area (Å²) in [6, 6.07) is 11.4. The third-order valence-corrected chi connectivity index (χ3v) is 3.12. The second-order valence-corrected chi connectivity index (χ2v) is 4.67. The molecule has 114 valence electrons. The fourth-order valence-corrected chi connectivity index (χ4v) is 2.07. The molecule has 0 aliphatic heterocycles. The molecule has 2 aromatic rings. The number of carbonyl (C=O) groups is 1. The largest absolute Gasteiger partial charge is 0.496 e. The van der Waals surface area contributed by atoms with E-state index >= 15 is 0 Å². The predicted octanol–water partition coefficient (Wildman–Crippen LogP) is 3.06. The van der Waals surface area contributed by atoms with Crippen LogP contribution in [0.15, 0.2) is 42.5 Å². The quantitative estimate of drug-likeness (QED) is 0.367. The van der Waals surface area contributed by atoms with Crippen molar-refractivity contribution in [3.05, 3.63) is 63.7 Å². The van der Waals surface area contributed by atoms with Gasteiger partial charge in [0.15, 0.2) is 0 Å². The Morgan fingerprint density at radius 1 is 1.23 bits per heavy atom. The Bertz CT molecular complexity index is 711. The van der Waals surface area contributed by atoms with E-state index in [0.717, 1.165) is 0 Å². The molecule has 0 spiro atoms. The number of para-hydroxylation sites is 1. The maximum atomic E-state index is 12.0. The van der Waals surface area contributed by atoms with Gasteiger partial charge >= 0.3 is 5.97 Å². The lowest BCUT2D eigenvalue weighted by Crippen LogP contribution is -2.12. The molecule has 2 aromatic carbocycles. The van der Waals surface area contributed by atoms with Gasteiger partial charge in [0.2, 0.25) is 0 Å². The molecule has 6 heteroatoms. The van der Waals surface area contributed by atoms with Crippen molar-refractivity contribution < 1.29 is 19.2 Å². The normalized spacial score (nSPS) is 10.1. The molecule has 0 aromatic heterocycles. The van der Waals surface area contributed by atoms with Gasteiger partial charge in [-0.3, -0.25) is 14.9 Å². The Hall–Kier alpha value is -2.89. The molecule has 0 heterocycles. The number of aryl methyl sites for hydroxylation is 1. The Kier molecular flexibility index (Phi) is 4.73. The maximum Gasteiger partial charge on any atom is 0.315 e. The van der Waals surface area contributed by atoms with Crippen LogP contribution in [0.25, 0.3) is 0 Å². The molecule has 0 fully saturated rings. The number of esters is 1. The summed E-state index contributed by atoms with van der Waals surface area (Å²) >= 11 is 0. The molecule has 22 heavy (non-hydrogen) atoms. The van der Waals surface area contributed by atoms with E-state index in [1.807, 2.05) is 6.07 Å². The number of ether oxygens (including phenoxy) is 2. The number of carbonyl (C=O) groups excluding carboxylic acids is 1. The smallest absolute Gasteiger partial charge is 0.315 e. The minimum absolute atomic E-state index is 0.00970. The first-order valence-electron chi connectivity index (χ1n) is 6.59. The van der Waals surface area contributed by atoms with Gasteiger partial charge < -0.3 is 9.47 Å². The molecule has 2 rings (SSSR count). The molecule has 0 saturated heterocycles. The predicted molar refractivity (Wildman–Crippen MR) is 80.2 cm³/mol. The molecule has 0 saturated carbocycles. The molecule has 0 N–H and O–H groups in total. The van der Waals surface area contributed by atoms with Gasteiger partial charge in [0.25, 0.3) is 5.69 Å². The van der Waals surface area contributed by atoms with Crippen molar-refractivity contribution in [2.45, 2.75) is 13.3 Å². The van der Waals surface area contributed by atoms with E-state index in [0.29, 0.717) is 16.9 Å². The van der Waals surface area contributed by atoms with Gasteiger partial charge in [-0.1, -0.05) is 18.2 Å². The van der Waals surface area contributed by atoms with Gasteiger partial charge in [0.1, 0.15) is 11.5 Å². The summed E-state index contributed by atoms with van der Waals surface area (Å²) in [5, 5.41) is 10.8. The van der Waals surface area contributed by atoms with Crippen molar-refractivity contribution >= 4 is 11.7 Å². The summed E-state index contributed by atoms with van der Waals surface area (Å²) in [7, 11) is 1.53. The van der Waals surface area contributed by atoms with Crippen LogP contribution in [-0.4, -0.2) is 18.0 Å². The van der Waals surface area contributed by atoms with Crippen LogP contribution < -0.4 is 9.47 Å². The number of hydrogen-bond acceptors (Lipinski definition) is 5. The number of hydrogen-bond donors (Lipinski definition) is 0. The zero-order chi connectivity index (χ0) is 16.1. The van der Waals surface area contributed by atoms with Crippen LogP contribution in [0.3, 0.4) is 0 Å². The van der Waals surface area contributed by atoms with E-state index in [4.69, 9.17) is 9.47 Å². The number of nitrogens with zero attached hydrogens (tertiary/aromatic N) is 1. The summed E-state index contributed by atoms with van der Waals surface area (Å²) in [5.74, 6) is 0.431. The molecule has 0 bridgehead atoms. The van der Waals surface area contributed by atoms with Gasteiger partial charge in [-0.15, -0.1) is 0 Å². The van der Waals surface area contributed by atoms with Crippen LogP contribution in [-0.2, 0) is 11.2 Å². The van der Waals surface area contributed by atoms with Gasteiger partial charge in [0, 0.05) is 17.2 Å². The Balaban J connectivity index is 2.09. The molecular weight excluding hydrogens is 286 g/mol. The van der Waals surface area contributed by atoms with Crippen LogP contribution in [0.4, 0.5) is 5.69 Å². The summed E-state index contributed by atoms with van der Waals surface area (Å²) in [6.07, 6.45) is 0.0556. The molecular formula is C16H15NO5. The molecule has 0 radical (unpaired) electrons. The lowest BCUT2D eigenvalue weighted by atomic mass is 10.1. The first kappa shape index (κ1) is 15.5. The van der Waals surface area contributed by atoms with E-state index in [1.54, 1.807) is 25.1 Å². The number of methoxy groups -OCH3 is 1. The highest BCUT2D eigenvalue weighted by molar-refractivity contribution is 5.76. The zero-order valence-electron chi connectivity index (χ0n) is 12.2. The lowest BCUT2D eigenvalue weighted by Gasteiger charge is -2.08. The van der Waals surface area contributed by atoms with E-state index in [9.17, 15) is 14.9 Å². The fraction of sp³-hybridized carbons (Fsp3) is 0.188. The van der Waals surface area contributed by atoms with Crippen molar-refractivity contribution in [3.8, 4) is 11.5 Å². The Morgan fingerprint density at radius 2 is 1.95 bits per heavy atom. The van der Waals surface area contributed by atoms with E-state index in [1.165, 1.54) is 25.3 Å². The third kappa shape index (κ3) is 3.60. The van der Waals surface area contributed by atoms with Gasteiger partial charge in [-0.05, 0) is 25.1 Å². The standard InChI is InChI=1S/C16H15NO5/c1-11-9-13(7-8-14(11)17(19)20)22-16(18)10-12-5-3-4-6-15(12)21-2/h3-9H,10H2,1-2H3. The maximum absolute atomic E-state index is 12.0. The molecule has 0 amide bonds. The Labute approximate surface area is 127 Å². The first-order chi connectivity index (χ1) is 10.5. The minimum atomic E-state index is -0.476. The highest BCUT2D eigenvalue weighted by Gasteiger charge is 2.14. The monoisotopic (exact) mass is 301 g/mol. The van der Waals surface area contributed by atoms with E-state index in [2.05, 4.69) is 0 Å². The number of rotatable bonds is 5. The minimum Gasteiger partial charge on any atom is -0.496 e. The van der Waals surface area contributed by atoms with Crippen LogP contribution in [0.5, 0.6) is 11.5 Å². The number of nitro benzene ring substituents is 1.